The molecule has 0 bridgehead atoms. The number of carboxylic acids is 1. The molecule has 0 fully saturated rings. The van der Waals surface area contributed by atoms with Crippen molar-refractivity contribution in [2.45, 2.75) is 12.5 Å². The fraction of sp³-hybridized carbons (Fsp3) is 0.600. The summed E-state index contributed by atoms with van der Waals surface area (Å²) in [7, 11) is 0. The highest BCUT2D eigenvalue weighted by Crippen LogP contribution is 1.87. The summed E-state index contributed by atoms with van der Waals surface area (Å²) in [6.07, 6.45) is 0.147. The van der Waals surface area contributed by atoms with Gasteiger partial charge in [0.2, 0.25) is 0 Å². The molecule has 0 aliphatic carbocycles. The number of nitrogens with two attached hydrogens (primary N) is 1. The Balaban J connectivity index is 3.30. The topological polar surface area (TPSA) is 89.6 Å². The summed E-state index contributed by atoms with van der Waals surface area (Å²) >= 11 is 0. The van der Waals surface area contributed by atoms with Crippen molar-refractivity contribution in [1.29, 1.82) is 0 Å². The highest BCUT2D eigenvalue weighted by Gasteiger charge is 2.09. The predicted molar refractivity (Wildman–Crippen MR) is 32.2 cm³/mol. The van der Waals surface area contributed by atoms with Crippen LogP contribution >= 0.6 is 0 Å². The second kappa shape index (κ2) is 4.75. The van der Waals surface area contributed by atoms with E-state index in [0.29, 0.717) is 0 Å². The zero-order valence-electron chi connectivity index (χ0n) is 5.32. The first-order chi connectivity index (χ1) is 4.68. The molecule has 5 heteroatoms. The smallest absolute Gasteiger partial charge is 0.320 e. The van der Waals surface area contributed by atoms with Crippen LogP contribution in [0.1, 0.15) is 6.42 Å². The van der Waals surface area contributed by atoms with E-state index < -0.39 is 12.0 Å². The van der Waals surface area contributed by atoms with Gasteiger partial charge in [0, 0.05) is 6.42 Å². The molecule has 58 valence electrons. The van der Waals surface area contributed by atoms with Gasteiger partial charge in [-0.1, -0.05) is 0 Å². The molecule has 0 radical (unpaired) electrons. The first-order valence-corrected chi connectivity index (χ1v) is 2.72. The Morgan fingerprint density at radius 1 is 1.80 bits per heavy atom. The minimum atomic E-state index is -1.09. The van der Waals surface area contributed by atoms with Crippen molar-refractivity contribution >= 4 is 12.4 Å². The lowest BCUT2D eigenvalue weighted by atomic mass is 10.2. The van der Waals surface area contributed by atoms with E-state index in [9.17, 15) is 9.59 Å². The molecular weight excluding hydrogens is 138 g/mol. The normalized spacial score (nSPS) is 12.1. The SMILES string of the molecule is NC(CCOC=O)C(=O)O. The monoisotopic (exact) mass is 147 g/mol. The van der Waals surface area contributed by atoms with Gasteiger partial charge in [-0.15, -0.1) is 0 Å². The highest BCUT2D eigenvalue weighted by atomic mass is 16.5. The summed E-state index contributed by atoms with van der Waals surface area (Å²) in [6, 6.07) is -0.944. The van der Waals surface area contributed by atoms with Crippen LogP contribution in [0, 0.1) is 0 Å². The van der Waals surface area contributed by atoms with E-state index in [1.165, 1.54) is 0 Å². The van der Waals surface area contributed by atoms with Crippen LogP contribution in [0.3, 0.4) is 0 Å². The molecule has 0 aliphatic rings. The minimum Gasteiger partial charge on any atom is -0.480 e. The van der Waals surface area contributed by atoms with Gasteiger partial charge in [-0.3, -0.25) is 9.59 Å². The molecule has 0 rings (SSSR count). The zero-order valence-corrected chi connectivity index (χ0v) is 5.32. The van der Waals surface area contributed by atoms with E-state index >= 15 is 0 Å². The highest BCUT2D eigenvalue weighted by molar-refractivity contribution is 5.72. The Kier molecular flexibility index (Phi) is 4.23. The van der Waals surface area contributed by atoms with Crippen LogP contribution in [-0.2, 0) is 14.3 Å². The van der Waals surface area contributed by atoms with Crippen LogP contribution in [0.25, 0.3) is 0 Å². The van der Waals surface area contributed by atoms with Gasteiger partial charge in [0.1, 0.15) is 6.04 Å². The maximum Gasteiger partial charge on any atom is 0.320 e. The molecule has 5 nitrogen and oxygen atoms in total. The molecule has 0 saturated heterocycles. The second-order valence-corrected chi connectivity index (χ2v) is 1.70. The second-order valence-electron chi connectivity index (χ2n) is 1.70. The van der Waals surface area contributed by atoms with Crippen LogP contribution in [-0.4, -0.2) is 30.2 Å². The van der Waals surface area contributed by atoms with E-state index in [1.54, 1.807) is 0 Å². The average molecular weight is 147 g/mol. The summed E-state index contributed by atoms with van der Waals surface area (Å²) in [5.41, 5.74) is 5.06. The van der Waals surface area contributed by atoms with Crippen molar-refractivity contribution < 1.29 is 19.4 Å². The summed E-state index contributed by atoms with van der Waals surface area (Å²) < 4.78 is 4.23. The number of ether oxygens (including phenoxy) is 1. The fourth-order valence-electron chi connectivity index (χ4n) is 0.367. The lowest BCUT2D eigenvalue weighted by Crippen LogP contribution is -2.31. The molecular formula is C5H9NO4. The Morgan fingerprint density at radius 2 is 2.40 bits per heavy atom. The van der Waals surface area contributed by atoms with Gasteiger partial charge >= 0.3 is 5.97 Å². The molecule has 1 unspecified atom stereocenters. The number of carbonyl (C=O) groups is 2. The molecule has 10 heavy (non-hydrogen) atoms. The molecule has 0 saturated carbocycles. The number of aliphatic carboxylic acids is 1. The summed E-state index contributed by atoms with van der Waals surface area (Å²) in [6.45, 7) is 0.311. The number of hydrogen-bond acceptors (Lipinski definition) is 4. The van der Waals surface area contributed by atoms with Crippen LogP contribution < -0.4 is 5.73 Å². The number of carboxylic acid groups (broad SMARTS) is 1. The third-order valence-electron chi connectivity index (χ3n) is 0.932. The van der Waals surface area contributed by atoms with Gasteiger partial charge in [-0.2, -0.15) is 0 Å². The van der Waals surface area contributed by atoms with Crippen LogP contribution in [0.2, 0.25) is 0 Å². The molecule has 0 heterocycles. The molecule has 1 atom stereocenters. The lowest BCUT2D eigenvalue weighted by Gasteiger charge is -2.03. The zero-order chi connectivity index (χ0) is 7.98. The van der Waals surface area contributed by atoms with E-state index in [1.807, 2.05) is 0 Å². The Bertz CT molecular complexity index is 125. The van der Waals surface area contributed by atoms with Gasteiger partial charge in [-0.25, -0.2) is 0 Å². The minimum absolute atomic E-state index is 0.0525. The van der Waals surface area contributed by atoms with Crippen molar-refractivity contribution in [1.82, 2.24) is 0 Å². The Labute approximate surface area is 57.8 Å². The average Bonchev–Trinajstić information content (AvgIpc) is 1.88. The maximum absolute atomic E-state index is 10.0. The van der Waals surface area contributed by atoms with Gasteiger partial charge in [-0.05, 0) is 0 Å². The van der Waals surface area contributed by atoms with Crippen molar-refractivity contribution in [3.8, 4) is 0 Å². The molecule has 0 spiro atoms. The summed E-state index contributed by atoms with van der Waals surface area (Å²) in [5.74, 6) is -1.09. The molecule has 0 aromatic carbocycles. The Morgan fingerprint density at radius 3 is 2.80 bits per heavy atom. The predicted octanol–water partition coefficient (Wildman–Crippen LogP) is -1.04. The molecule has 0 aromatic rings. The fourth-order valence-corrected chi connectivity index (χ4v) is 0.367. The molecule has 0 amide bonds. The first kappa shape index (κ1) is 8.90. The summed E-state index contributed by atoms with van der Waals surface area (Å²) in [5, 5.41) is 8.21. The maximum atomic E-state index is 10.0. The third-order valence-corrected chi connectivity index (χ3v) is 0.932. The molecule has 3 N–H and O–H groups in total. The van der Waals surface area contributed by atoms with Crippen molar-refractivity contribution in [2.75, 3.05) is 6.61 Å². The van der Waals surface area contributed by atoms with Crippen molar-refractivity contribution in [3.05, 3.63) is 0 Å². The third kappa shape index (κ3) is 3.85. The molecule has 0 aliphatic heterocycles. The van der Waals surface area contributed by atoms with Gasteiger partial charge < -0.3 is 15.6 Å². The standard InChI is InChI=1S/C5H9NO4/c6-4(5(8)9)1-2-10-3-7/h3-4H,1-2,6H2,(H,8,9). The summed E-state index contributed by atoms with van der Waals surface area (Å²) in [4.78, 5) is 19.6. The van der Waals surface area contributed by atoms with Crippen LogP contribution in [0.15, 0.2) is 0 Å². The van der Waals surface area contributed by atoms with Crippen LogP contribution in [0.5, 0.6) is 0 Å². The van der Waals surface area contributed by atoms with E-state index in [4.69, 9.17) is 10.8 Å². The van der Waals surface area contributed by atoms with E-state index in [2.05, 4.69) is 4.74 Å². The lowest BCUT2D eigenvalue weighted by molar-refractivity contribution is -0.140. The number of carbonyl (C=O) groups excluding carboxylic acids is 1. The van der Waals surface area contributed by atoms with Crippen molar-refractivity contribution in [3.63, 3.8) is 0 Å². The largest absolute Gasteiger partial charge is 0.480 e. The van der Waals surface area contributed by atoms with Gasteiger partial charge in [0.15, 0.2) is 0 Å². The first-order valence-electron chi connectivity index (χ1n) is 2.72. The quantitative estimate of drug-likeness (QED) is 0.383. The van der Waals surface area contributed by atoms with Crippen molar-refractivity contribution in [2.24, 2.45) is 5.73 Å². The van der Waals surface area contributed by atoms with E-state index in [-0.39, 0.29) is 19.5 Å². The Hall–Kier alpha value is -1.10. The number of hydrogen-bond donors (Lipinski definition) is 2. The van der Waals surface area contributed by atoms with Gasteiger partial charge in [0.25, 0.3) is 6.47 Å². The van der Waals surface area contributed by atoms with E-state index in [0.717, 1.165) is 0 Å². The van der Waals surface area contributed by atoms with Crippen LogP contribution in [0.4, 0.5) is 0 Å². The molecule has 0 aromatic heterocycles. The number of rotatable bonds is 5. The van der Waals surface area contributed by atoms with Gasteiger partial charge in [0.05, 0.1) is 6.61 Å².